The third-order valence-electron chi connectivity index (χ3n) is 6.30. The molecule has 0 aliphatic carbocycles. The molecule has 4 rings (SSSR count). The van der Waals surface area contributed by atoms with Crippen molar-refractivity contribution in [2.24, 2.45) is 0 Å². The zero-order chi connectivity index (χ0) is 21.5. The maximum atomic E-state index is 12.8. The Morgan fingerprint density at radius 3 is 2.57 bits per heavy atom. The third-order valence-corrected chi connectivity index (χ3v) is 6.72. The molecular weight excluding hydrogens is 402 g/mol. The highest BCUT2D eigenvalue weighted by molar-refractivity contribution is 6.31. The van der Waals surface area contributed by atoms with Crippen molar-refractivity contribution in [3.63, 3.8) is 0 Å². The molecule has 2 heterocycles. The van der Waals surface area contributed by atoms with Crippen LogP contribution in [-0.4, -0.2) is 41.9 Å². The van der Waals surface area contributed by atoms with Gasteiger partial charge in [-0.15, -0.1) is 0 Å². The summed E-state index contributed by atoms with van der Waals surface area (Å²) in [5.41, 5.74) is 3.19. The molecule has 2 aliphatic rings. The zero-order valence-electron chi connectivity index (χ0n) is 17.6. The Morgan fingerprint density at radius 1 is 1.13 bits per heavy atom. The van der Waals surface area contributed by atoms with E-state index in [1.807, 2.05) is 39.0 Å². The largest absolute Gasteiger partial charge is 0.486 e. The molecule has 5 nitrogen and oxygen atoms in total. The van der Waals surface area contributed by atoms with Gasteiger partial charge in [0.25, 0.3) is 5.91 Å². The van der Waals surface area contributed by atoms with E-state index in [4.69, 9.17) is 21.1 Å². The topological polar surface area (TPSA) is 55.8 Å². The molecule has 0 radical (unpaired) electrons. The number of rotatable bonds is 3. The van der Waals surface area contributed by atoms with Crippen molar-refractivity contribution >= 4 is 23.3 Å². The number of aryl methyl sites for hydroxylation is 2. The van der Waals surface area contributed by atoms with Crippen LogP contribution in [0.25, 0.3) is 0 Å². The van der Waals surface area contributed by atoms with E-state index in [-0.39, 0.29) is 18.3 Å². The molecule has 2 aromatic rings. The van der Waals surface area contributed by atoms with Gasteiger partial charge in [0, 0.05) is 31.0 Å². The Morgan fingerprint density at radius 2 is 1.87 bits per heavy atom. The predicted molar refractivity (Wildman–Crippen MR) is 116 cm³/mol. The van der Waals surface area contributed by atoms with Crippen molar-refractivity contribution in [3.8, 4) is 11.5 Å². The summed E-state index contributed by atoms with van der Waals surface area (Å²) in [6, 6.07) is 9.18. The molecule has 0 N–H and O–H groups in total. The van der Waals surface area contributed by atoms with Crippen molar-refractivity contribution < 1.29 is 19.1 Å². The fraction of sp³-hybridized carbons (Fsp3) is 0.417. The number of carbonyl (C=O) groups excluding carboxylic acids is 2. The van der Waals surface area contributed by atoms with Gasteiger partial charge in [0.2, 0.25) is 0 Å². The molecule has 0 bridgehead atoms. The average Bonchev–Trinajstić information content (AvgIpc) is 2.72. The van der Waals surface area contributed by atoms with E-state index in [0.29, 0.717) is 54.4 Å². The summed E-state index contributed by atoms with van der Waals surface area (Å²) in [6.45, 7) is 7.00. The number of fused-ring (bicyclic) bond motifs is 1. The first-order valence-corrected chi connectivity index (χ1v) is 10.6. The Hall–Kier alpha value is -2.53. The average molecular weight is 428 g/mol. The molecule has 2 aromatic carbocycles. The van der Waals surface area contributed by atoms with Crippen LogP contribution in [0.2, 0.25) is 5.02 Å². The Balaban J connectivity index is 1.38. The Kier molecular flexibility index (Phi) is 5.49. The van der Waals surface area contributed by atoms with Gasteiger partial charge in [0.05, 0.1) is 12.0 Å². The van der Waals surface area contributed by atoms with E-state index in [2.05, 4.69) is 0 Å². The second-order valence-corrected chi connectivity index (χ2v) is 8.76. The van der Waals surface area contributed by atoms with Crippen LogP contribution in [0.4, 0.5) is 0 Å². The van der Waals surface area contributed by atoms with Crippen LogP contribution in [0.5, 0.6) is 11.5 Å². The van der Waals surface area contributed by atoms with Crippen LogP contribution in [0.1, 0.15) is 46.3 Å². The van der Waals surface area contributed by atoms with Gasteiger partial charge in [-0.1, -0.05) is 17.7 Å². The molecule has 158 valence electrons. The van der Waals surface area contributed by atoms with Crippen molar-refractivity contribution in [1.29, 1.82) is 0 Å². The quantitative estimate of drug-likeness (QED) is 0.714. The first-order valence-electron chi connectivity index (χ1n) is 10.3. The highest BCUT2D eigenvalue weighted by atomic mass is 35.5. The summed E-state index contributed by atoms with van der Waals surface area (Å²) in [6.07, 6.45) is 1.64. The number of carbonyl (C=O) groups is 2. The lowest BCUT2D eigenvalue weighted by Crippen LogP contribution is -2.53. The number of halogens is 1. The van der Waals surface area contributed by atoms with Gasteiger partial charge in [-0.3, -0.25) is 9.59 Å². The number of piperidine rings is 1. The second kappa shape index (κ2) is 7.95. The number of hydrogen-bond acceptors (Lipinski definition) is 4. The summed E-state index contributed by atoms with van der Waals surface area (Å²) in [5, 5.41) is 0.670. The van der Waals surface area contributed by atoms with Gasteiger partial charge in [-0.25, -0.2) is 0 Å². The lowest BCUT2D eigenvalue weighted by molar-refractivity contribution is -0.136. The van der Waals surface area contributed by atoms with E-state index in [9.17, 15) is 9.59 Å². The standard InChI is InChI=1S/C24H26ClNO4/c1-15-4-6-19-21(27)13-24(30-23(19)17(15)3)8-10-26(11-9-24)22(28)14-29-18-5-7-20(25)16(2)12-18/h4-7,12H,8-11,13-14H2,1-3H3. The maximum Gasteiger partial charge on any atom is 0.260 e. The van der Waals surface area contributed by atoms with E-state index in [0.717, 1.165) is 16.7 Å². The summed E-state index contributed by atoms with van der Waals surface area (Å²) in [7, 11) is 0. The minimum absolute atomic E-state index is 0.0189. The van der Waals surface area contributed by atoms with Crippen LogP contribution in [0, 0.1) is 20.8 Å². The number of Topliss-reactive ketones (excluding diaryl/α,β-unsaturated/α-hetero) is 1. The SMILES string of the molecule is Cc1cc(OCC(=O)N2CCC3(CC2)CC(=O)c2ccc(C)c(C)c2O3)ccc1Cl. The molecule has 0 aromatic heterocycles. The zero-order valence-corrected chi connectivity index (χ0v) is 18.3. The molecule has 1 fully saturated rings. The second-order valence-electron chi connectivity index (χ2n) is 8.35. The molecule has 1 saturated heterocycles. The minimum atomic E-state index is -0.520. The summed E-state index contributed by atoms with van der Waals surface area (Å²) in [5.74, 6) is 1.41. The monoisotopic (exact) mass is 427 g/mol. The smallest absolute Gasteiger partial charge is 0.260 e. The molecule has 6 heteroatoms. The van der Waals surface area contributed by atoms with Gasteiger partial charge < -0.3 is 14.4 Å². The van der Waals surface area contributed by atoms with Crippen molar-refractivity contribution in [2.45, 2.75) is 45.6 Å². The molecule has 0 atom stereocenters. The summed E-state index contributed by atoms with van der Waals surface area (Å²) < 4.78 is 12.1. The Bertz CT molecular complexity index is 1010. The minimum Gasteiger partial charge on any atom is -0.486 e. The number of ether oxygens (including phenoxy) is 2. The maximum absolute atomic E-state index is 12.8. The predicted octanol–water partition coefficient (Wildman–Crippen LogP) is 4.67. The van der Waals surface area contributed by atoms with E-state index in [1.165, 1.54) is 0 Å². The highest BCUT2D eigenvalue weighted by Gasteiger charge is 2.44. The van der Waals surface area contributed by atoms with Crippen molar-refractivity contribution in [3.05, 3.63) is 57.6 Å². The fourth-order valence-corrected chi connectivity index (χ4v) is 4.28. The molecule has 0 unspecified atom stereocenters. The van der Waals surface area contributed by atoms with Crippen LogP contribution >= 0.6 is 11.6 Å². The molecular formula is C24H26ClNO4. The summed E-state index contributed by atoms with van der Waals surface area (Å²) >= 11 is 6.03. The number of amides is 1. The van der Waals surface area contributed by atoms with E-state index >= 15 is 0 Å². The van der Waals surface area contributed by atoms with Gasteiger partial charge in [-0.05, 0) is 61.7 Å². The van der Waals surface area contributed by atoms with Crippen molar-refractivity contribution in [1.82, 2.24) is 4.90 Å². The third kappa shape index (κ3) is 3.91. The number of hydrogen-bond donors (Lipinski definition) is 0. The lowest BCUT2D eigenvalue weighted by atomic mass is 9.81. The lowest BCUT2D eigenvalue weighted by Gasteiger charge is -2.44. The molecule has 1 spiro atoms. The van der Waals surface area contributed by atoms with E-state index < -0.39 is 5.60 Å². The van der Waals surface area contributed by atoms with Gasteiger partial charge >= 0.3 is 0 Å². The van der Waals surface area contributed by atoms with Gasteiger partial charge in [0.1, 0.15) is 17.1 Å². The normalized spacial score (nSPS) is 17.5. The van der Waals surface area contributed by atoms with Crippen molar-refractivity contribution in [2.75, 3.05) is 19.7 Å². The molecule has 2 aliphatic heterocycles. The van der Waals surface area contributed by atoms with E-state index in [1.54, 1.807) is 17.0 Å². The molecule has 30 heavy (non-hydrogen) atoms. The summed E-state index contributed by atoms with van der Waals surface area (Å²) in [4.78, 5) is 27.2. The number of likely N-dealkylation sites (tertiary alicyclic amines) is 1. The van der Waals surface area contributed by atoms with Crippen LogP contribution in [-0.2, 0) is 4.79 Å². The highest BCUT2D eigenvalue weighted by Crippen LogP contribution is 2.41. The first kappa shape index (κ1) is 20.7. The Labute approximate surface area is 181 Å². The number of nitrogens with zero attached hydrogens (tertiary/aromatic N) is 1. The van der Waals surface area contributed by atoms with Crippen LogP contribution in [0.3, 0.4) is 0 Å². The number of benzene rings is 2. The fourth-order valence-electron chi connectivity index (χ4n) is 4.17. The van der Waals surface area contributed by atoms with Crippen LogP contribution in [0.15, 0.2) is 30.3 Å². The van der Waals surface area contributed by atoms with Gasteiger partial charge in [-0.2, -0.15) is 0 Å². The number of ketones is 1. The molecule has 0 saturated carbocycles. The van der Waals surface area contributed by atoms with Gasteiger partial charge in [0.15, 0.2) is 12.4 Å². The first-order chi connectivity index (χ1) is 14.3. The van der Waals surface area contributed by atoms with Crippen LogP contribution < -0.4 is 9.47 Å². The molecule has 1 amide bonds.